The summed E-state index contributed by atoms with van der Waals surface area (Å²) in [6.07, 6.45) is 6.89. The first kappa shape index (κ1) is 16.4. The van der Waals surface area contributed by atoms with Crippen molar-refractivity contribution in [2.24, 2.45) is 0 Å². The smallest absolute Gasteiger partial charge is 0.315 e. The first-order chi connectivity index (χ1) is 12.2. The van der Waals surface area contributed by atoms with Crippen molar-refractivity contribution in [2.75, 3.05) is 7.11 Å². The molecule has 3 aromatic rings. The number of amides is 2. The molecule has 0 aliphatic heterocycles. The molecule has 3 rings (SSSR count). The van der Waals surface area contributed by atoms with Crippen LogP contribution in [0.1, 0.15) is 11.1 Å². The summed E-state index contributed by atoms with van der Waals surface area (Å²) in [5, 5.41) is 9.68. The van der Waals surface area contributed by atoms with Crippen molar-refractivity contribution in [3.05, 3.63) is 66.2 Å². The number of pyridine rings is 2. The summed E-state index contributed by atoms with van der Waals surface area (Å²) in [4.78, 5) is 20.3. The molecular formula is C17H18N6O2. The van der Waals surface area contributed by atoms with Gasteiger partial charge in [-0.15, -0.1) is 0 Å². The zero-order chi connectivity index (χ0) is 17.5. The number of methoxy groups -OCH3 is 1. The van der Waals surface area contributed by atoms with Crippen LogP contribution in [0.3, 0.4) is 0 Å². The number of nitrogens with one attached hydrogen (secondary N) is 2. The fourth-order valence-corrected chi connectivity index (χ4v) is 2.12. The molecule has 0 saturated heterocycles. The van der Waals surface area contributed by atoms with E-state index >= 15 is 0 Å². The molecular weight excluding hydrogens is 320 g/mol. The fourth-order valence-electron chi connectivity index (χ4n) is 2.12. The van der Waals surface area contributed by atoms with E-state index in [1.54, 1.807) is 36.4 Å². The lowest BCUT2D eigenvalue weighted by molar-refractivity contribution is 0.240. The highest BCUT2D eigenvalue weighted by atomic mass is 16.5. The summed E-state index contributed by atoms with van der Waals surface area (Å²) < 4.78 is 6.67. The molecule has 0 fully saturated rings. The molecule has 128 valence electrons. The third-order valence-electron chi connectivity index (χ3n) is 3.46. The van der Waals surface area contributed by atoms with Crippen molar-refractivity contribution in [1.82, 2.24) is 30.4 Å². The van der Waals surface area contributed by atoms with Gasteiger partial charge >= 0.3 is 6.03 Å². The van der Waals surface area contributed by atoms with Crippen LogP contribution in [-0.4, -0.2) is 32.9 Å². The monoisotopic (exact) mass is 338 g/mol. The van der Waals surface area contributed by atoms with Gasteiger partial charge in [-0.05, 0) is 23.3 Å². The number of ether oxygens (including phenoxy) is 1. The molecule has 3 heterocycles. The van der Waals surface area contributed by atoms with E-state index < -0.39 is 0 Å². The Morgan fingerprint density at radius 1 is 1.08 bits per heavy atom. The normalized spacial score (nSPS) is 10.3. The highest BCUT2D eigenvalue weighted by molar-refractivity contribution is 5.73. The number of nitrogens with zero attached hydrogens (tertiary/aromatic N) is 4. The predicted molar refractivity (Wildman–Crippen MR) is 91.2 cm³/mol. The Labute approximate surface area is 144 Å². The van der Waals surface area contributed by atoms with Crippen LogP contribution in [0, 0.1) is 0 Å². The molecule has 0 radical (unpaired) electrons. The SMILES string of the molecule is COc1ccc(CNC(=O)NCc2ccc(-n3cccn3)nc2)cn1. The molecule has 0 saturated carbocycles. The molecule has 2 N–H and O–H groups in total. The lowest BCUT2D eigenvalue weighted by Gasteiger charge is -2.08. The standard InChI is InChI=1S/C17H18N6O2/c1-25-16-6-4-14(10-19-16)12-21-17(24)20-11-13-3-5-15(18-9-13)23-8-2-7-22-23/h2-10H,11-12H2,1H3,(H2,20,21,24). The Balaban J connectivity index is 1.45. The van der Waals surface area contributed by atoms with Crippen molar-refractivity contribution in [3.63, 3.8) is 0 Å². The highest BCUT2D eigenvalue weighted by Crippen LogP contribution is 2.06. The summed E-state index contributed by atoms with van der Waals surface area (Å²) in [6.45, 7) is 0.776. The van der Waals surface area contributed by atoms with Crippen LogP contribution in [0.15, 0.2) is 55.1 Å². The van der Waals surface area contributed by atoms with Crippen LogP contribution in [0.2, 0.25) is 0 Å². The minimum absolute atomic E-state index is 0.257. The molecule has 0 bridgehead atoms. The lowest BCUT2D eigenvalue weighted by Crippen LogP contribution is -2.34. The zero-order valence-electron chi connectivity index (χ0n) is 13.7. The molecule has 0 aromatic carbocycles. The number of rotatable bonds is 6. The van der Waals surface area contributed by atoms with E-state index in [1.165, 1.54) is 0 Å². The number of carbonyl (C=O) groups excluding carboxylic acids is 1. The maximum absolute atomic E-state index is 11.9. The van der Waals surface area contributed by atoms with Gasteiger partial charge in [0.15, 0.2) is 5.82 Å². The van der Waals surface area contributed by atoms with Crippen LogP contribution in [-0.2, 0) is 13.1 Å². The van der Waals surface area contributed by atoms with Crippen molar-refractivity contribution < 1.29 is 9.53 Å². The molecule has 8 heteroatoms. The first-order valence-corrected chi connectivity index (χ1v) is 7.70. The molecule has 0 unspecified atom stereocenters. The van der Waals surface area contributed by atoms with Crippen molar-refractivity contribution >= 4 is 6.03 Å². The van der Waals surface area contributed by atoms with Crippen LogP contribution < -0.4 is 15.4 Å². The van der Waals surface area contributed by atoms with Crippen LogP contribution in [0.4, 0.5) is 4.79 Å². The van der Waals surface area contributed by atoms with Gasteiger partial charge in [0.05, 0.1) is 7.11 Å². The molecule has 0 atom stereocenters. The minimum atomic E-state index is -0.257. The van der Waals surface area contributed by atoms with Crippen LogP contribution in [0.5, 0.6) is 5.88 Å². The van der Waals surface area contributed by atoms with Gasteiger partial charge in [0.2, 0.25) is 5.88 Å². The zero-order valence-corrected chi connectivity index (χ0v) is 13.7. The molecule has 0 aliphatic carbocycles. The Morgan fingerprint density at radius 2 is 1.80 bits per heavy atom. The molecule has 0 aliphatic rings. The van der Waals surface area contributed by atoms with Crippen LogP contribution >= 0.6 is 0 Å². The molecule has 8 nitrogen and oxygen atoms in total. The van der Waals surface area contributed by atoms with E-state index in [0.29, 0.717) is 19.0 Å². The first-order valence-electron chi connectivity index (χ1n) is 7.70. The largest absolute Gasteiger partial charge is 0.481 e. The number of urea groups is 1. The molecule has 3 aromatic heterocycles. The van der Waals surface area contributed by atoms with E-state index in [9.17, 15) is 4.79 Å². The van der Waals surface area contributed by atoms with E-state index in [-0.39, 0.29) is 6.03 Å². The third kappa shape index (κ3) is 4.54. The van der Waals surface area contributed by atoms with Gasteiger partial charge in [-0.25, -0.2) is 19.4 Å². The Bertz CT molecular complexity index is 800. The van der Waals surface area contributed by atoms with Crippen molar-refractivity contribution in [1.29, 1.82) is 0 Å². The topological polar surface area (TPSA) is 94.0 Å². The van der Waals surface area contributed by atoms with Crippen molar-refractivity contribution in [3.8, 4) is 11.7 Å². The third-order valence-corrected chi connectivity index (χ3v) is 3.46. The van der Waals surface area contributed by atoms with Crippen molar-refractivity contribution in [2.45, 2.75) is 13.1 Å². The van der Waals surface area contributed by atoms with Gasteiger partial charge in [-0.2, -0.15) is 5.10 Å². The number of hydrogen-bond acceptors (Lipinski definition) is 5. The number of carbonyl (C=O) groups is 1. The number of hydrogen-bond donors (Lipinski definition) is 2. The Kier molecular flexibility index (Phi) is 5.20. The summed E-state index contributed by atoms with van der Waals surface area (Å²) in [7, 11) is 1.56. The second-order valence-corrected chi connectivity index (χ2v) is 5.22. The average Bonchev–Trinajstić information content (AvgIpc) is 3.20. The highest BCUT2D eigenvalue weighted by Gasteiger charge is 2.03. The van der Waals surface area contributed by atoms with Gasteiger partial charge in [0.1, 0.15) is 0 Å². The summed E-state index contributed by atoms with van der Waals surface area (Å²) in [6, 6.07) is 8.93. The fraction of sp³-hybridized carbons (Fsp3) is 0.176. The molecule has 25 heavy (non-hydrogen) atoms. The Hall–Kier alpha value is -3.42. The summed E-state index contributed by atoms with van der Waals surface area (Å²) >= 11 is 0. The summed E-state index contributed by atoms with van der Waals surface area (Å²) in [5.41, 5.74) is 1.79. The Morgan fingerprint density at radius 3 is 2.32 bits per heavy atom. The second kappa shape index (κ2) is 7.91. The van der Waals surface area contributed by atoms with Gasteiger partial charge in [-0.3, -0.25) is 0 Å². The van der Waals surface area contributed by atoms with E-state index in [4.69, 9.17) is 4.74 Å². The second-order valence-electron chi connectivity index (χ2n) is 5.22. The van der Waals surface area contributed by atoms with Crippen LogP contribution in [0.25, 0.3) is 5.82 Å². The summed E-state index contributed by atoms with van der Waals surface area (Å²) in [5.74, 6) is 1.27. The van der Waals surface area contributed by atoms with Gasteiger partial charge in [0, 0.05) is 43.9 Å². The van der Waals surface area contributed by atoms with E-state index in [1.807, 2.05) is 30.5 Å². The quantitative estimate of drug-likeness (QED) is 0.713. The average molecular weight is 338 g/mol. The van der Waals surface area contributed by atoms with E-state index in [0.717, 1.165) is 16.9 Å². The minimum Gasteiger partial charge on any atom is -0.481 e. The maximum Gasteiger partial charge on any atom is 0.315 e. The number of aromatic nitrogens is 4. The lowest BCUT2D eigenvalue weighted by atomic mass is 10.3. The predicted octanol–water partition coefficient (Wildman–Crippen LogP) is 1.67. The maximum atomic E-state index is 11.9. The van der Waals surface area contributed by atoms with Gasteiger partial charge in [-0.1, -0.05) is 12.1 Å². The van der Waals surface area contributed by atoms with Gasteiger partial charge in [0.25, 0.3) is 0 Å². The molecule has 2 amide bonds. The van der Waals surface area contributed by atoms with Gasteiger partial charge < -0.3 is 15.4 Å². The molecule has 0 spiro atoms. The van der Waals surface area contributed by atoms with E-state index in [2.05, 4.69) is 25.7 Å².